The lowest BCUT2D eigenvalue weighted by Crippen LogP contribution is -2.26. The Morgan fingerprint density at radius 2 is 1.89 bits per heavy atom. The molecule has 9 heteroatoms. The summed E-state index contributed by atoms with van der Waals surface area (Å²) in [5.41, 5.74) is 2.30. The van der Waals surface area contributed by atoms with Crippen LogP contribution in [0.1, 0.15) is 6.42 Å². The van der Waals surface area contributed by atoms with Gasteiger partial charge in [-0.2, -0.15) is 4.98 Å². The van der Waals surface area contributed by atoms with Gasteiger partial charge in [0.15, 0.2) is 0 Å². The molecule has 0 atom stereocenters. The van der Waals surface area contributed by atoms with E-state index in [1.54, 1.807) is 30.5 Å². The van der Waals surface area contributed by atoms with Crippen molar-refractivity contribution in [1.29, 1.82) is 0 Å². The van der Waals surface area contributed by atoms with Gasteiger partial charge >= 0.3 is 0 Å². The Morgan fingerprint density at radius 1 is 1.04 bits per heavy atom. The molecule has 0 aliphatic carbocycles. The second-order valence-corrected chi connectivity index (χ2v) is 8.50. The highest BCUT2D eigenvalue weighted by atomic mass is 35.5. The Balaban J connectivity index is 1.76. The van der Waals surface area contributed by atoms with Crippen molar-refractivity contribution >= 4 is 39.1 Å². The lowest BCUT2D eigenvalue weighted by atomic mass is 10.1. The number of nitrogens with one attached hydrogen (secondary N) is 3. The van der Waals surface area contributed by atoms with Crippen LogP contribution in [0, 0.1) is 0 Å². The van der Waals surface area contributed by atoms with E-state index in [9.17, 15) is 8.42 Å². The van der Waals surface area contributed by atoms with Gasteiger partial charge in [-0.05, 0) is 42.3 Å². The first-order valence-electron chi connectivity index (χ1n) is 8.75. The zero-order valence-corrected chi connectivity index (χ0v) is 16.4. The molecular weight excluding hydrogens is 398 g/mol. The molecule has 0 fully saturated rings. The first-order valence-corrected chi connectivity index (χ1v) is 10.6. The minimum Gasteiger partial charge on any atom is -0.369 e. The summed E-state index contributed by atoms with van der Waals surface area (Å²) >= 11 is 6.13. The molecule has 28 heavy (non-hydrogen) atoms. The summed E-state index contributed by atoms with van der Waals surface area (Å²) in [5, 5.41) is 6.97. The number of fused-ring (bicyclic) bond motifs is 4. The molecule has 0 amide bonds. The smallest absolute Gasteiger partial charge is 0.240 e. The van der Waals surface area contributed by atoms with Crippen LogP contribution in [-0.2, 0) is 10.0 Å². The quantitative estimate of drug-likeness (QED) is 0.561. The van der Waals surface area contributed by atoms with E-state index in [4.69, 9.17) is 11.6 Å². The minimum atomic E-state index is -3.56. The lowest BCUT2D eigenvalue weighted by molar-refractivity contribution is 0.580. The number of sulfonamides is 1. The van der Waals surface area contributed by atoms with Gasteiger partial charge in [0.25, 0.3) is 0 Å². The molecular formula is C19H18ClN5O2S. The fraction of sp³-hybridized carbons (Fsp3) is 0.158. The van der Waals surface area contributed by atoms with Crippen molar-refractivity contribution < 1.29 is 8.42 Å². The van der Waals surface area contributed by atoms with E-state index in [1.165, 1.54) is 0 Å². The van der Waals surface area contributed by atoms with Crippen molar-refractivity contribution in [2.45, 2.75) is 11.3 Å². The summed E-state index contributed by atoms with van der Waals surface area (Å²) in [6.07, 6.45) is 2.32. The van der Waals surface area contributed by atoms with E-state index >= 15 is 0 Å². The number of anilines is 3. The van der Waals surface area contributed by atoms with Crippen LogP contribution in [0.3, 0.4) is 0 Å². The van der Waals surface area contributed by atoms with Crippen molar-refractivity contribution in [3.8, 4) is 11.1 Å². The maximum atomic E-state index is 12.4. The van der Waals surface area contributed by atoms with Gasteiger partial charge in [0.2, 0.25) is 16.0 Å². The Kier molecular flexibility index (Phi) is 5.17. The van der Waals surface area contributed by atoms with Crippen LogP contribution in [0.5, 0.6) is 0 Å². The van der Waals surface area contributed by atoms with Crippen molar-refractivity contribution in [3.63, 3.8) is 0 Å². The van der Waals surface area contributed by atoms with Crippen molar-refractivity contribution in [3.05, 3.63) is 59.8 Å². The molecule has 0 saturated carbocycles. The third kappa shape index (κ3) is 4.09. The zero-order valence-electron chi connectivity index (χ0n) is 14.8. The highest BCUT2D eigenvalue weighted by molar-refractivity contribution is 7.89. The molecule has 144 valence electrons. The number of aromatic nitrogens is 2. The lowest BCUT2D eigenvalue weighted by Gasteiger charge is -2.13. The number of rotatable bonds is 1. The molecule has 4 bridgehead atoms. The summed E-state index contributed by atoms with van der Waals surface area (Å²) in [4.78, 5) is 9.17. The number of nitrogens with zero attached hydrogens (tertiary/aromatic N) is 2. The summed E-state index contributed by atoms with van der Waals surface area (Å²) in [5.74, 6) is 1.02. The highest BCUT2D eigenvalue weighted by Crippen LogP contribution is 2.29. The second-order valence-electron chi connectivity index (χ2n) is 6.30. The zero-order chi connectivity index (χ0) is 19.6. The molecule has 2 heterocycles. The third-order valence-electron chi connectivity index (χ3n) is 4.26. The standard InChI is InChI=1S/C19H18ClN5O2S/c20-14-5-1-4-13(10-14)17-12-22-19-24-15-6-2-7-16(11-15)28(26,27)23-9-3-8-21-18(17)25-19/h1-2,4-7,10-12,23H,3,8-9H2,(H2,21,22,24,25). The largest absolute Gasteiger partial charge is 0.369 e. The van der Waals surface area contributed by atoms with Crippen LogP contribution in [0.15, 0.2) is 59.6 Å². The maximum Gasteiger partial charge on any atom is 0.240 e. The Morgan fingerprint density at radius 3 is 2.75 bits per heavy atom. The Labute approximate surface area is 168 Å². The molecule has 1 aliphatic rings. The molecule has 0 unspecified atom stereocenters. The molecule has 7 nitrogen and oxygen atoms in total. The first kappa shape index (κ1) is 18.7. The number of benzene rings is 2. The third-order valence-corrected chi connectivity index (χ3v) is 5.96. The minimum absolute atomic E-state index is 0.195. The number of hydrogen-bond acceptors (Lipinski definition) is 6. The fourth-order valence-electron chi connectivity index (χ4n) is 2.90. The molecule has 0 saturated heterocycles. The predicted molar refractivity (Wildman–Crippen MR) is 110 cm³/mol. The maximum absolute atomic E-state index is 12.4. The van der Waals surface area contributed by atoms with E-state index in [2.05, 4.69) is 25.3 Å². The molecule has 1 aliphatic heterocycles. The summed E-state index contributed by atoms with van der Waals surface area (Å²) in [7, 11) is -3.56. The molecule has 2 aromatic carbocycles. The Hall–Kier alpha value is -2.68. The second kappa shape index (κ2) is 7.75. The van der Waals surface area contributed by atoms with E-state index in [0.717, 1.165) is 11.1 Å². The molecule has 0 radical (unpaired) electrons. The summed E-state index contributed by atoms with van der Waals surface area (Å²) < 4.78 is 27.5. The molecule has 1 aromatic heterocycles. The average Bonchev–Trinajstić information content (AvgIpc) is 2.68. The van der Waals surface area contributed by atoms with Gasteiger partial charge in [0, 0.05) is 35.6 Å². The van der Waals surface area contributed by atoms with Crippen molar-refractivity contribution in [1.82, 2.24) is 14.7 Å². The molecule has 3 N–H and O–H groups in total. The SMILES string of the molecule is O=S1(=O)NCCCNc2nc(ncc2-c2cccc(Cl)c2)Nc2cccc1c2. The van der Waals surface area contributed by atoms with E-state index in [1.807, 2.05) is 24.3 Å². The van der Waals surface area contributed by atoms with Gasteiger partial charge in [-0.1, -0.05) is 29.8 Å². The first-order chi connectivity index (χ1) is 13.5. The van der Waals surface area contributed by atoms with Crippen LogP contribution in [-0.4, -0.2) is 31.5 Å². The van der Waals surface area contributed by atoms with Crippen LogP contribution in [0.25, 0.3) is 11.1 Å². The highest BCUT2D eigenvalue weighted by Gasteiger charge is 2.16. The van der Waals surface area contributed by atoms with Crippen molar-refractivity contribution in [2.75, 3.05) is 23.7 Å². The van der Waals surface area contributed by atoms with Gasteiger partial charge < -0.3 is 10.6 Å². The van der Waals surface area contributed by atoms with Crippen LogP contribution < -0.4 is 15.4 Å². The van der Waals surface area contributed by atoms with Crippen LogP contribution in [0.4, 0.5) is 17.5 Å². The van der Waals surface area contributed by atoms with Crippen molar-refractivity contribution in [2.24, 2.45) is 0 Å². The van der Waals surface area contributed by atoms with E-state index < -0.39 is 10.0 Å². The average molecular weight is 416 g/mol. The molecule has 0 spiro atoms. The van der Waals surface area contributed by atoms with E-state index in [0.29, 0.717) is 42.0 Å². The normalized spacial score (nSPS) is 15.9. The molecule has 4 rings (SSSR count). The van der Waals surface area contributed by atoms with Gasteiger partial charge in [0.1, 0.15) is 5.82 Å². The monoisotopic (exact) mass is 415 g/mol. The number of halogens is 1. The van der Waals surface area contributed by atoms with Crippen LogP contribution >= 0.6 is 11.6 Å². The van der Waals surface area contributed by atoms with Gasteiger partial charge in [-0.25, -0.2) is 18.1 Å². The van der Waals surface area contributed by atoms with Gasteiger partial charge in [0.05, 0.1) is 4.90 Å². The van der Waals surface area contributed by atoms with Gasteiger partial charge in [-0.15, -0.1) is 0 Å². The topological polar surface area (TPSA) is 96.0 Å². The van der Waals surface area contributed by atoms with Gasteiger partial charge in [-0.3, -0.25) is 0 Å². The molecule has 3 aromatic rings. The Bertz CT molecular complexity index is 1120. The summed E-state index contributed by atoms with van der Waals surface area (Å²) in [6, 6.07) is 14.0. The summed E-state index contributed by atoms with van der Waals surface area (Å²) in [6.45, 7) is 0.863. The fourth-order valence-corrected chi connectivity index (χ4v) is 4.21. The van der Waals surface area contributed by atoms with Crippen LogP contribution in [0.2, 0.25) is 5.02 Å². The number of hydrogen-bond donors (Lipinski definition) is 3. The van der Waals surface area contributed by atoms with E-state index in [-0.39, 0.29) is 4.90 Å². The predicted octanol–water partition coefficient (Wildman–Crippen LogP) is 3.63.